The molecule has 2 rings (SSSR count). The number of hydrogen-bond acceptors (Lipinski definition) is 2. The van der Waals surface area contributed by atoms with E-state index in [1.54, 1.807) is 0 Å². The Hall–Kier alpha value is -2.29. The molecule has 0 bridgehead atoms. The van der Waals surface area contributed by atoms with Gasteiger partial charge in [0, 0.05) is 5.69 Å². The van der Waals surface area contributed by atoms with Crippen molar-refractivity contribution in [2.45, 2.75) is 20.8 Å². The number of nitrogens with one attached hydrogen (secondary N) is 1. The fourth-order valence-electron chi connectivity index (χ4n) is 1.90. The molecule has 19 heavy (non-hydrogen) atoms. The highest BCUT2D eigenvalue weighted by atomic mass is 16.6. The van der Waals surface area contributed by atoms with Gasteiger partial charge in [0.25, 0.3) is 0 Å². The molecule has 0 spiro atoms. The zero-order valence-electron chi connectivity index (χ0n) is 11.4. The van der Waals surface area contributed by atoms with Gasteiger partial charge < -0.3 is 4.74 Å². The van der Waals surface area contributed by atoms with Crippen LogP contribution >= 0.6 is 0 Å². The predicted octanol–water partition coefficient (Wildman–Crippen LogP) is 4.22. The third-order valence-electron chi connectivity index (χ3n) is 2.99. The number of aryl methyl sites for hydroxylation is 3. The lowest BCUT2D eigenvalue weighted by molar-refractivity contribution is 0.214. The van der Waals surface area contributed by atoms with E-state index in [1.165, 1.54) is 0 Å². The molecule has 1 amide bonds. The van der Waals surface area contributed by atoms with Crippen LogP contribution in [0.1, 0.15) is 16.7 Å². The largest absolute Gasteiger partial charge is 0.417 e. The molecule has 0 saturated heterocycles. The van der Waals surface area contributed by atoms with Crippen LogP contribution in [0.5, 0.6) is 5.75 Å². The van der Waals surface area contributed by atoms with Crippen LogP contribution in [-0.4, -0.2) is 6.09 Å². The molecule has 0 aliphatic rings. The lowest BCUT2D eigenvalue weighted by atomic mass is 10.1. The Kier molecular flexibility index (Phi) is 3.85. The summed E-state index contributed by atoms with van der Waals surface area (Å²) in [6.45, 7) is 5.78. The van der Waals surface area contributed by atoms with Crippen molar-refractivity contribution < 1.29 is 9.53 Å². The van der Waals surface area contributed by atoms with E-state index in [0.717, 1.165) is 22.4 Å². The third-order valence-corrected chi connectivity index (χ3v) is 2.99. The molecule has 98 valence electrons. The van der Waals surface area contributed by atoms with Crippen LogP contribution in [0.3, 0.4) is 0 Å². The minimum atomic E-state index is -0.466. The number of anilines is 1. The van der Waals surface area contributed by atoms with Crippen LogP contribution < -0.4 is 10.1 Å². The van der Waals surface area contributed by atoms with Crippen molar-refractivity contribution in [1.82, 2.24) is 0 Å². The normalized spacial score (nSPS) is 10.1. The maximum Gasteiger partial charge on any atom is 0.417 e. The summed E-state index contributed by atoms with van der Waals surface area (Å²) in [5.41, 5.74) is 3.65. The Morgan fingerprint density at radius 2 is 1.47 bits per heavy atom. The quantitative estimate of drug-likeness (QED) is 0.872. The summed E-state index contributed by atoms with van der Waals surface area (Å²) in [5, 5.41) is 2.75. The van der Waals surface area contributed by atoms with Gasteiger partial charge in [0.05, 0.1) is 0 Å². The zero-order chi connectivity index (χ0) is 13.8. The highest BCUT2D eigenvalue weighted by Crippen LogP contribution is 2.23. The molecule has 3 nitrogen and oxygen atoms in total. The Balaban J connectivity index is 2.12. The van der Waals surface area contributed by atoms with E-state index in [0.29, 0.717) is 5.75 Å². The number of hydrogen-bond donors (Lipinski definition) is 1. The van der Waals surface area contributed by atoms with Gasteiger partial charge in [-0.05, 0) is 43.5 Å². The summed E-state index contributed by atoms with van der Waals surface area (Å²) in [4.78, 5) is 11.9. The van der Waals surface area contributed by atoms with Crippen LogP contribution in [0.4, 0.5) is 10.5 Å². The van der Waals surface area contributed by atoms with Crippen molar-refractivity contribution in [3.05, 3.63) is 59.2 Å². The van der Waals surface area contributed by atoms with Gasteiger partial charge >= 0.3 is 6.09 Å². The van der Waals surface area contributed by atoms with Crippen molar-refractivity contribution in [2.24, 2.45) is 0 Å². The van der Waals surface area contributed by atoms with Crippen molar-refractivity contribution in [3.8, 4) is 5.75 Å². The maximum absolute atomic E-state index is 11.9. The first-order valence-electron chi connectivity index (χ1n) is 6.18. The van der Waals surface area contributed by atoms with E-state index >= 15 is 0 Å². The zero-order valence-corrected chi connectivity index (χ0v) is 11.4. The summed E-state index contributed by atoms with van der Waals surface area (Å²) in [7, 11) is 0. The molecule has 1 N–H and O–H groups in total. The van der Waals surface area contributed by atoms with Crippen molar-refractivity contribution in [3.63, 3.8) is 0 Å². The number of ether oxygens (including phenoxy) is 1. The molecule has 0 radical (unpaired) electrons. The van der Waals surface area contributed by atoms with E-state index in [2.05, 4.69) is 5.32 Å². The van der Waals surface area contributed by atoms with Crippen molar-refractivity contribution >= 4 is 11.8 Å². The average molecular weight is 255 g/mol. The summed E-state index contributed by atoms with van der Waals surface area (Å²) in [6, 6.07) is 13.4. The standard InChI is InChI=1S/C16H17NO2/c1-11-7-4-5-10-14(11)17-16(18)19-15-12(2)8-6-9-13(15)3/h4-10H,1-3H3,(H,17,18). The number of carbonyl (C=O) groups is 1. The number of benzene rings is 2. The molecular formula is C16H17NO2. The summed E-state index contributed by atoms with van der Waals surface area (Å²) < 4.78 is 5.38. The second-order valence-corrected chi connectivity index (χ2v) is 4.55. The average Bonchev–Trinajstić information content (AvgIpc) is 2.37. The molecule has 0 heterocycles. The van der Waals surface area contributed by atoms with Gasteiger partial charge in [0.15, 0.2) is 0 Å². The van der Waals surface area contributed by atoms with Gasteiger partial charge in [-0.1, -0.05) is 36.4 Å². The molecule has 0 aliphatic carbocycles. The van der Waals surface area contributed by atoms with E-state index < -0.39 is 6.09 Å². The lowest BCUT2D eigenvalue weighted by Crippen LogP contribution is -2.18. The number of rotatable bonds is 2. The molecule has 0 aliphatic heterocycles. The predicted molar refractivity (Wildman–Crippen MR) is 76.7 cm³/mol. The fraction of sp³-hybridized carbons (Fsp3) is 0.188. The molecule has 3 heteroatoms. The topological polar surface area (TPSA) is 38.3 Å². The van der Waals surface area contributed by atoms with Gasteiger partial charge in [-0.25, -0.2) is 4.79 Å². The Morgan fingerprint density at radius 3 is 2.11 bits per heavy atom. The second kappa shape index (κ2) is 5.57. The Morgan fingerprint density at radius 1 is 0.895 bits per heavy atom. The molecule has 0 atom stereocenters. The van der Waals surface area contributed by atoms with Gasteiger partial charge in [-0.3, -0.25) is 5.32 Å². The van der Waals surface area contributed by atoms with Crippen molar-refractivity contribution in [1.29, 1.82) is 0 Å². The molecule has 0 aromatic heterocycles. The molecule has 2 aromatic carbocycles. The first-order valence-corrected chi connectivity index (χ1v) is 6.18. The first-order chi connectivity index (χ1) is 9.08. The van der Waals surface area contributed by atoms with Crippen molar-refractivity contribution in [2.75, 3.05) is 5.32 Å². The molecule has 0 unspecified atom stereocenters. The summed E-state index contributed by atoms with van der Waals surface area (Å²) >= 11 is 0. The first kappa shape index (κ1) is 13.1. The van der Waals surface area contributed by atoms with E-state index in [-0.39, 0.29) is 0 Å². The van der Waals surface area contributed by atoms with Crippen LogP contribution in [0.25, 0.3) is 0 Å². The Labute approximate surface area is 113 Å². The SMILES string of the molecule is Cc1ccccc1NC(=O)Oc1c(C)cccc1C. The Bertz CT molecular complexity index is 585. The number of carbonyl (C=O) groups excluding carboxylic acids is 1. The van der Waals surface area contributed by atoms with Gasteiger partial charge in [0.1, 0.15) is 5.75 Å². The molecule has 2 aromatic rings. The van der Waals surface area contributed by atoms with E-state index in [1.807, 2.05) is 63.2 Å². The lowest BCUT2D eigenvalue weighted by Gasteiger charge is -2.12. The second-order valence-electron chi connectivity index (χ2n) is 4.55. The van der Waals surface area contributed by atoms with E-state index in [9.17, 15) is 4.79 Å². The van der Waals surface area contributed by atoms with Gasteiger partial charge in [0.2, 0.25) is 0 Å². The highest BCUT2D eigenvalue weighted by Gasteiger charge is 2.10. The number of para-hydroxylation sites is 2. The van der Waals surface area contributed by atoms with Crippen LogP contribution in [0.2, 0.25) is 0 Å². The van der Waals surface area contributed by atoms with Gasteiger partial charge in [-0.2, -0.15) is 0 Å². The van der Waals surface area contributed by atoms with E-state index in [4.69, 9.17) is 4.74 Å². The smallest absolute Gasteiger partial charge is 0.410 e. The third kappa shape index (κ3) is 3.13. The van der Waals surface area contributed by atoms with Crippen LogP contribution in [0.15, 0.2) is 42.5 Å². The fourth-order valence-corrected chi connectivity index (χ4v) is 1.90. The molecule has 0 fully saturated rings. The molecular weight excluding hydrogens is 238 g/mol. The minimum absolute atomic E-state index is 0.466. The minimum Gasteiger partial charge on any atom is -0.410 e. The van der Waals surface area contributed by atoms with Crippen LogP contribution in [-0.2, 0) is 0 Å². The summed E-state index contributed by atoms with van der Waals surface area (Å²) in [6.07, 6.45) is -0.466. The summed E-state index contributed by atoms with van der Waals surface area (Å²) in [5.74, 6) is 0.619. The maximum atomic E-state index is 11.9. The monoisotopic (exact) mass is 255 g/mol. The highest BCUT2D eigenvalue weighted by molar-refractivity contribution is 5.87. The van der Waals surface area contributed by atoms with Gasteiger partial charge in [-0.15, -0.1) is 0 Å². The number of amides is 1. The van der Waals surface area contributed by atoms with Crippen LogP contribution in [0, 0.1) is 20.8 Å². The molecule has 0 saturated carbocycles.